The first kappa shape index (κ1) is 20.8. The number of hydrogen-bond donors (Lipinski definition) is 1. The van der Waals surface area contributed by atoms with Gasteiger partial charge < -0.3 is 14.9 Å². The molecule has 7 heteroatoms. The maximum Gasteiger partial charge on any atom is 0.323 e. The molecule has 2 heterocycles. The Bertz CT molecular complexity index is 984. The van der Waals surface area contributed by atoms with Gasteiger partial charge in [0.15, 0.2) is 5.69 Å². The molecule has 1 N–H and O–H groups in total. The number of carboxylic acid groups (broad SMARTS) is 1. The Morgan fingerprint density at radius 2 is 1.65 bits per heavy atom. The van der Waals surface area contributed by atoms with E-state index in [0.717, 1.165) is 42.9 Å². The Hall–Kier alpha value is -3.45. The fourth-order valence-electron chi connectivity index (χ4n) is 4.03. The van der Waals surface area contributed by atoms with Crippen molar-refractivity contribution in [3.63, 3.8) is 0 Å². The van der Waals surface area contributed by atoms with Gasteiger partial charge in [0, 0.05) is 11.6 Å². The minimum absolute atomic E-state index is 0.109. The topological polar surface area (TPSA) is 78.7 Å². The molecule has 1 aliphatic heterocycles. The quantitative estimate of drug-likeness (QED) is 0.665. The average Bonchev–Trinajstić information content (AvgIpc) is 3.24. The van der Waals surface area contributed by atoms with Crippen LogP contribution in [0.3, 0.4) is 0 Å². The lowest BCUT2D eigenvalue weighted by molar-refractivity contribution is -0.138. The number of likely N-dealkylation sites (tertiary alicyclic amines) is 1. The third-order valence-electron chi connectivity index (χ3n) is 5.69. The van der Waals surface area contributed by atoms with E-state index in [-0.39, 0.29) is 24.2 Å². The molecule has 31 heavy (non-hydrogen) atoms. The van der Waals surface area contributed by atoms with E-state index < -0.39 is 5.97 Å². The van der Waals surface area contributed by atoms with Gasteiger partial charge in [0.1, 0.15) is 6.54 Å². The smallest absolute Gasteiger partial charge is 0.323 e. The number of aliphatic carboxylic acids is 1. The van der Waals surface area contributed by atoms with Crippen molar-refractivity contribution in [2.24, 2.45) is 0 Å². The highest BCUT2D eigenvalue weighted by Crippen LogP contribution is 2.26. The number of rotatable bonds is 6. The van der Waals surface area contributed by atoms with E-state index >= 15 is 0 Å². The molecule has 3 aromatic rings. The molecule has 0 atom stereocenters. The predicted molar refractivity (Wildman–Crippen MR) is 118 cm³/mol. The lowest BCUT2D eigenvalue weighted by Crippen LogP contribution is -2.48. The number of benzene rings is 2. The highest BCUT2D eigenvalue weighted by molar-refractivity contribution is 5.95. The fourth-order valence-corrected chi connectivity index (χ4v) is 4.03. The number of amides is 1. The van der Waals surface area contributed by atoms with Crippen LogP contribution in [0.1, 0.15) is 23.3 Å². The molecule has 1 saturated heterocycles. The minimum Gasteiger partial charge on any atom is -0.480 e. The molecule has 0 aliphatic carbocycles. The Kier molecular flexibility index (Phi) is 6.13. The zero-order valence-corrected chi connectivity index (χ0v) is 17.5. The molecule has 0 saturated carbocycles. The van der Waals surface area contributed by atoms with Crippen molar-refractivity contribution < 1.29 is 14.7 Å². The standard InChI is InChI=1S/C24H26N4O3/c1-26-14-12-19(13-15-26)27(17-23(29)30)24(31)21-16-22(18-8-4-2-5-9-18)28(25-21)20-10-6-3-7-11-20/h2-11,16,19H,12-15,17H2,1H3,(H,29,30). The summed E-state index contributed by atoms with van der Waals surface area (Å²) in [5.74, 6) is -1.36. The molecule has 1 fully saturated rings. The molecule has 1 aliphatic rings. The largest absolute Gasteiger partial charge is 0.480 e. The van der Waals surface area contributed by atoms with Crippen LogP contribution in [0.4, 0.5) is 0 Å². The molecule has 7 nitrogen and oxygen atoms in total. The van der Waals surface area contributed by atoms with Gasteiger partial charge in [-0.15, -0.1) is 0 Å². The van der Waals surface area contributed by atoms with Gasteiger partial charge in [-0.2, -0.15) is 5.10 Å². The van der Waals surface area contributed by atoms with Crippen LogP contribution in [0.5, 0.6) is 0 Å². The zero-order chi connectivity index (χ0) is 21.8. The molecule has 0 spiro atoms. The Morgan fingerprint density at radius 1 is 1.03 bits per heavy atom. The number of piperidine rings is 1. The average molecular weight is 418 g/mol. The summed E-state index contributed by atoms with van der Waals surface area (Å²) in [6, 6.07) is 21.0. The number of hydrogen-bond acceptors (Lipinski definition) is 4. The molecular formula is C24H26N4O3. The predicted octanol–water partition coefficient (Wildman–Crippen LogP) is 3.16. The van der Waals surface area contributed by atoms with Crippen LogP contribution < -0.4 is 0 Å². The van der Waals surface area contributed by atoms with E-state index in [1.807, 2.05) is 67.7 Å². The molecule has 2 aromatic carbocycles. The summed E-state index contributed by atoms with van der Waals surface area (Å²) in [6.45, 7) is 1.34. The Balaban J connectivity index is 1.73. The minimum atomic E-state index is -1.02. The van der Waals surface area contributed by atoms with E-state index in [1.54, 1.807) is 10.7 Å². The SMILES string of the molecule is CN1CCC(N(CC(=O)O)C(=O)c2cc(-c3ccccc3)n(-c3ccccc3)n2)CC1. The molecule has 160 valence electrons. The number of aromatic nitrogens is 2. The van der Waals surface area contributed by atoms with Gasteiger partial charge in [-0.3, -0.25) is 9.59 Å². The number of para-hydroxylation sites is 1. The van der Waals surface area contributed by atoms with E-state index in [4.69, 9.17) is 0 Å². The van der Waals surface area contributed by atoms with Crippen LogP contribution in [-0.2, 0) is 4.79 Å². The van der Waals surface area contributed by atoms with Gasteiger partial charge in [-0.25, -0.2) is 4.68 Å². The van der Waals surface area contributed by atoms with Crippen LogP contribution in [-0.4, -0.2) is 69.3 Å². The maximum absolute atomic E-state index is 13.5. The van der Waals surface area contributed by atoms with Crippen LogP contribution >= 0.6 is 0 Å². The van der Waals surface area contributed by atoms with E-state index in [9.17, 15) is 14.7 Å². The second-order valence-electron chi connectivity index (χ2n) is 7.89. The first-order valence-electron chi connectivity index (χ1n) is 10.4. The highest BCUT2D eigenvalue weighted by atomic mass is 16.4. The van der Waals surface area contributed by atoms with E-state index in [2.05, 4.69) is 10.00 Å². The summed E-state index contributed by atoms with van der Waals surface area (Å²) >= 11 is 0. The van der Waals surface area contributed by atoms with Crippen LogP contribution in [0.2, 0.25) is 0 Å². The van der Waals surface area contributed by atoms with Crippen molar-refractivity contribution in [2.75, 3.05) is 26.7 Å². The third-order valence-corrected chi connectivity index (χ3v) is 5.69. The Labute approximate surface area is 181 Å². The van der Waals surface area contributed by atoms with Crippen LogP contribution in [0, 0.1) is 0 Å². The summed E-state index contributed by atoms with van der Waals surface area (Å²) in [5, 5.41) is 14.1. The van der Waals surface area contributed by atoms with Crippen molar-refractivity contribution in [3.05, 3.63) is 72.4 Å². The molecule has 1 aromatic heterocycles. The number of carboxylic acids is 1. The lowest BCUT2D eigenvalue weighted by atomic mass is 10.0. The van der Waals surface area contributed by atoms with Crippen LogP contribution in [0.25, 0.3) is 16.9 Å². The van der Waals surface area contributed by atoms with Crippen molar-refractivity contribution in [1.82, 2.24) is 19.6 Å². The van der Waals surface area contributed by atoms with E-state index in [0.29, 0.717) is 0 Å². The van der Waals surface area contributed by atoms with Gasteiger partial charge in [-0.1, -0.05) is 48.5 Å². The summed E-state index contributed by atoms with van der Waals surface area (Å²) in [7, 11) is 2.03. The van der Waals surface area contributed by atoms with E-state index in [1.165, 1.54) is 4.90 Å². The van der Waals surface area contributed by atoms with Crippen LogP contribution in [0.15, 0.2) is 66.7 Å². The number of carbonyl (C=O) groups excluding carboxylic acids is 1. The van der Waals surface area contributed by atoms with Crippen molar-refractivity contribution in [2.45, 2.75) is 18.9 Å². The molecule has 0 radical (unpaired) electrons. The molecule has 1 amide bonds. The summed E-state index contributed by atoms with van der Waals surface area (Å²) in [5.41, 5.74) is 2.81. The molecular weight excluding hydrogens is 392 g/mol. The van der Waals surface area contributed by atoms with Gasteiger partial charge in [0.05, 0.1) is 11.4 Å². The first-order chi connectivity index (χ1) is 15.0. The summed E-state index contributed by atoms with van der Waals surface area (Å²) in [6.07, 6.45) is 1.50. The van der Waals surface area contributed by atoms with Crippen molar-refractivity contribution in [1.29, 1.82) is 0 Å². The maximum atomic E-state index is 13.5. The first-order valence-corrected chi connectivity index (χ1v) is 10.4. The van der Waals surface area contributed by atoms with Crippen molar-refractivity contribution >= 4 is 11.9 Å². The van der Waals surface area contributed by atoms with Crippen molar-refractivity contribution in [3.8, 4) is 16.9 Å². The summed E-state index contributed by atoms with van der Waals surface area (Å²) < 4.78 is 1.75. The number of carbonyl (C=O) groups is 2. The van der Waals surface area contributed by atoms with Gasteiger partial charge in [0.25, 0.3) is 5.91 Å². The monoisotopic (exact) mass is 418 g/mol. The normalized spacial score (nSPS) is 15.0. The highest BCUT2D eigenvalue weighted by Gasteiger charge is 2.31. The van der Waals surface area contributed by atoms with Gasteiger partial charge in [-0.05, 0) is 51.2 Å². The Morgan fingerprint density at radius 3 is 2.26 bits per heavy atom. The van der Waals surface area contributed by atoms with Gasteiger partial charge in [0.2, 0.25) is 0 Å². The fraction of sp³-hybridized carbons (Fsp3) is 0.292. The summed E-state index contributed by atoms with van der Waals surface area (Å²) in [4.78, 5) is 28.7. The second-order valence-corrected chi connectivity index (χ2v) is 7.89. The second kappa shape index (κ2) is 9.14. The molecule has 0 unspecified atom stereocenters. The lowest BCUT2D eigenvalue weighted by Gasteiger charge is -2.36. The third kappa shape index (κ3) is 4.67. The van der Waals surface area contributed by atoms with Gasteiger partial charge >= 0.3 is 5.97 Å². The molecule has 4 rings (SSSR count). The zero-order valence-electron chi connectivity index (χ0n) is 17.5. The molecule has 0 bridgehead atoms. The number of nitrogens with zero attached hydrogens (tertiary/aromatic N) is 4.